The number of hydrogen-bond donors (Lipinski definition) is 4. The molecule has 2 amide bonds. The van der Waals surface area contributed by atoms with Gasteiger partial charge in [-0.1, -0.05) is 36.4 Å². The Labute approximate surface area is 322 Å². The zero-order chi connectivity index (χ0) is 38.6. The molecule has 6 heterocycles. The number of rotatable bonds is 9. The van der Waals surface area contributed by atoms with Gasteiger partial charge in [-0.2, -0.15) is 0 Å². The van der Waals surface area contributed by atoms with Crippen molar-refractivity contribution in [3.05, 3.63) is 133 Å². The van der Waals surface area contributed by atoms with Gasteiger partial charge in [0.05, 0.1) is 25.3 Å². The number of nitrogens with one attached hydrogen (secondary N) is 4. The largest absolute Gasteiger partial charge is 0.496 e. The number of amides is 2. The van der Waals surface area contributed by atoms with Gasteiger partial charge in [0.25, 0.3) is 11.8 Å². The molecule has 9 rings (SSSR count). The number of para-hydroxylation sites is 2. The molecular formula is C44H38N8O4. The molecule has 278 valence electrons. The summed E-state index contributed by atoms with van der Waals surface area (Å²) < 4.78 is 11.0. The second kappa shape index (κ2) is 15.6. The third-order valence-corrected chi connectivity index (χ3v) is 9.66. The van der Waals surface area contributed by atoms with Crippen molar-refractivity contribution in [3.8, 4) is 56.0 Å². The molecule has 0 radical (unpaired) electrons. The van der Waals surface area contributed by atoms with Gasteiger partial charge in [0.1, 0.15) is 22.8 Å². The lowest BCUT2D eigenvalue weighted by Crippen LogP contribution is -2.25. The van der Waals surface area contributed by atoms with E-state index in [1.807, 2.05) is 79.1 Å². The van der Waals surface area contributed by atoms with Crippen LogP contribution in [-0.4, -0.2) is 69.0 Å². The zero-order valence-electron chi connectivity index (χ0n) is 31.0. The lowest BCUT2D eigenvalue weighted by Gasteiger charge is -2.08. The maximum Gasteiger partial charge on any atom is 0.253 e. The Morgan fingerprint density at radius 3 is 1.54 bits per heavy atom. The molecule has 0 bridgehead atoms. The first-order chi connectivity index (χ1) is 27.4. The molecule has 1 aliphatic carbocycles. The van der Waals surface area contributed by atoms with E-state index >= 15 is 0 Å². The van der Waals surface area contributed by atoms with Crippen molar-refractivity contribution in [2.24, 2.45) is 0 Å². The summed E-state index contributed by atoms with van der Waals surface area (Å²) in [6, 6.07) is 23.9. The highest BCUT2D eigenvalue weighted by Gasteiger charge is 2.24. The van der Waals surface area contributed by atoms with Gasteiger partial charge in [0, 0.05) is 118 Å². The van der Waals surface area contributed by atoms with Crippen LogP contribution in [0.3, 0.4) is 0 Å². The lowest BCUT2D eigenvalue weighted by molar-refractivity contribution is 0.0946. The molecule has 0 spiro atoms. The molecule has 2 aromatic carbocycles. The summed E-state index contributed by atoms with van der Waals surface area (Å²) >= 11 is 0. The summed E-state index contributed by atoms with van der Waals surface area (Å²) in [5, 5.41) is 7.58. The molecule has 56 heavy (non-hydrogen) atoms. The SMILES string of the molecule is CNC(=O)c1cncc(-c2cnc3[nH]cc(-c4ccccc4OC)c3c2)c1.COc1ccccc1-c1c[nH]c2ncc(-c3cncc(C(=O)NC4CC4)c3)cc12. The monoisotopic (exact) mass is 742 g/mol. The van der Waals surface area contributed by atoms with Crippen LogP contribution >= 0.6 is 0 Å². The number of carbonyl (C=O) groups is 2. The predicted octanol–water partition coefficient (Wildman–Crippen LogP) is 7.85. The number of carbonyl (C=O) groups excluding carboxylic acids is 2. The molecule has 0 saturated heterocycles. The first kappa shape index (κ1) is 35.7. The van der Waals surface area contributed by atoms with E-state index in [9.17, 15) is 9.59 Å². The van der Waals surface area contributed by atoms with Crippen LogP contribution in [0.2, 0.25) is 0 Å². The average Bonchev–Trinajstić information content (AvgIpc) is 3.82. The van der Waals surface area contributed by atoms with Crippen molar-refractivity contribution in [2.75, 3.05) is 21.3 Å². The molecule has 1 aliphatic rings. The summed E-state index contributed by atoms with van der Waals surface area (Å²) in [5.74, 6) is 1.35. The Morgan fingerprint density at radius 2 is 1.07 bits per heavy atom. The summed E-state index contributed by atoms with van der Waals surface area (Å²) in [6.45, 7) is 0. The molecule has 1 saturated carbocycles. The zero-order valence-corrected chi connectivity index (χ0v) is 31.0. The van der Waals surface area contributed by atoms with Crippen LogP contribution in [0.15, 0.2) is 122 Å². The highest BCUT2D eigenvalue weighted by molar-refractivity contribution is 6.00. The molecule has 4 N–H and O–H groups in total. The number of pyridine rings is 4. The van der Waals surface area contributed by atoms with Crippen LogP contribution in [0.1, 0.15) is 33.6 Å². The standard InChI is InChI=1S/C23H20N4O2.C21H18N4O2/c1-29-21-5-3-2-4-18(21)20-13-26-22-19(20)9-15(12-25-22)14-8-16(11-24-10-14)23(28)27-17-6-7-17;1-22-21(26)15-7-13(9-23-10-15)14-8-17-18(12-25-20(17)24-11-14)16-5-3-4-6-19(16)27-2/h2-5,8-13,17H,6-7H2,1H3,(H,25,26)(H,27,28);3-12H,1-2H3,(H,22,26)(H,24,25). The third kappa shape index (κ3) is 7.27. The van der Waals surface area contributed by atoms with Crippen LogP contribution < -0.4 is 20.1 Å². The van der Waals surface area contributed by atoms with Gasteiger partial charge in [-0.15, -0.1) is 0 Å². The number of methoxy groups -OCH3 is 2. The van der Waals surface area contributed by atoms with E-state index in [2.05, 4.69) is 46.6 Å². The van der Waals surface area contributed by atoms with E-state index in [1.165, 1.54) is 0 Å². The number of H-pyrrole nitrogens is 2. The number of hydrogen-bond acceptors (Lipinski definition) is 8. The van der Waals surface area contributed by atoms with Crippen LogP contribution in [0, 0.1) is 0 Å². The maximum atomic E-state index is 12.4. The van der Waals surface area contributed by atoms with Gasteiger partial charge in [-0.3, -0.25) is 19.6 Å². The minimum atomic E-state index is -0.172. The normalized spacial score (nSPS) is 12.1. The van der Waals surface area contributed by atoms with E-state index in [0.717, 1.165) is 90.9 Å². The van der Waals surface area contributed by atoms with Crippen molar-refractivity contribution in [2.45, 2.75) is 18.9 Å². The van der Waals surface area contributed by atoms with E-state index < -0.39 is 0 Å². The van der Waals surface area contributed by atoms with Crippen LogP contribution in [0.4, 0.5) is 0 Å². The first-order valence-electron chi connectivity index (χ1n) is 18.1. The molecule has 6 aromatic heterocycles. The minimum absolute atomic E-state index is 0.0766. The second-order valence-corrected chi connectivity index (χ2v) is 13.3. The Hall–Kier alpha value is -7.34. The van der Waals surface area contributed by atoms with Gasteiger partial charge in [0.15, 0.2) is 0 Å². The quantitative estimate of drug-likeness (QED) is 0.116. The van der Waals surface area contributed by atoms with Gasteiger partial charge >= 0.3 is 0 Å². The highest BCUT2D eigenvalue weighted by Crippen LogP contribution is 2.37. The molecule has 8 aromatic rings. The van der Waals surface area contributed by atoms with Gasteiger partial charge in [-0.25, -0.2) is 9.97 Å². The fourth-order valence-electron chi connectivity index (χ4n) is 6.59. The van der Waals surface area contributed by atoms with E-state index in [1.54, 1.807) is 58.4 Å². The van der Waals surface area contributed by atoms with Crippen molar-refractivity contribution in [1.29, 1.82) is 0 Å². The van der Waals surface area contributed by atoms with Crippen LogP contribution in [0.5, 0.6) is 11.5 Å². The Kier molecular flexibility index (Phi) is 9.91. The fourth-order valence-corrected chi connectivity index (χ4v) is 6.59. The number of aromatic nitrogens is 6. The molecule has 1 fully saturated rings. The van der Waals surface area contributed by atoms with Crippen molar-refractivity contribution < 1.29 is 19.1 Å². The van der Waals surface area contributed by atoms with E-state index in [0.29, 0.717) is 17.2 Å². The lowest BCUT2D eigenvalue weighted by atomic mass is 10.0. The fraction of sp³-hybridized carbons (Fsp3) is 0.136. The molecular weight excluding hydrogens is 705 g/mol. The minimum Gasteiger partial charge on any atom is -0.496 e. The predicted molar refractivity (Wildman–Crippen MR) is 217 cm³/mol. The molecule has 0 unspecified atom stereocenters. The summed E-state index contributed by atoms with van der Waals surface area (Å²) in [4.78, 5) is 48.3. The Morgan fingerprint density at radius 1 is 0.607 bits per heavy atom. The van der Waals surface area contributed by atoms with Crippen LogP contribution in [-0.2, 0) is 0 Å². The summed E-state index contributed by atoms with van der Waals surface area (Å²) in [5.41, 5.74) is 10.1. The summed E-state index contributed by atoms with van der Waals surface area (Å²) in [6.07, 6.45) is 16.2. The third-order valence-electron chi connectivity index (χ3n) is 9.66. The molecule has 0 atom stereocenters. The number of aromatic amines is 2. The first-order valence-corrected chi connectivity index (χ1v) is 18.1. The van der Waals surface area contributed by atoms with Crippen LogP contribution in [0.25, 0.3) is 66.6 Å². The smallest absolute Gasteiger partial charge is 0.253 e. The van der Waals surface area contributed by atoms with E-state index in [4.69, 9.17) is 9.47 Å². The molecule has 12 heteroatoms. The van der Waals surface area contributed by atoms with Crippen molar-refractivity contribution >= 4 is 33.9 Å². The van der Waals surface area contributed by atoms with Gasteiger partial charge in [-0.05, 0) is 49.2 Å². The second-order valence-electron chi connectivity index (χ2n) is 13.3. The maximum absolute atomic E-state index is 12.4. The number of fused-ring (bicyclic) bond motifs is 2. The Bertz CT molecular complexity index is 2720. The average molecular weight is 743 g/mol. The van der Waals surface area contributed by atoms with Gasteiger partial charge < -0.3 is 30.1 Å². The Balaban J connectivity index is 0.000000158. The molecule has 0 aliphatic heterocycles. The number of nitrogens with zero attached hydrogens (tertiary/aromatic N) is 4. The number of benzene rings is 2. The van der Waals surface area contributed by atoms with E-state index in [-0.39, 0.29) is 11.8 Å². The van der Waals surface area contributed by atoms with Crippen molar-refractivity contribution in [1.82, 2.24) is 40.5 Å². The highest BCUT2D eigenvalue weighted by atomic mass is 16.5. The topological polar surface area (TPSA) is 160 Å². The van der Waals surface area contributed by atoms with Crippen molar-refractivity contribution in [3.63, 3.8) is 0 Å². The summed E-state index contributed by atoms with van der Waals surface area (Å²) in [7, 11) is 4.93. The van der Waals surface area contributed by atoms with Gasteiger partial charge in [0.2, 0.25) is 0 Å². The molecule has 12 nitrogen and oxygen atoms in total. The number of ether oxygens (including phenoxy) is 2.